The van der Waals surface area contributed by atoms with Gasteiger partial charge in [-0.15, -0.1) is 0 Å². The molecule has 128 valence electrons. The Morgan fingerprint density at radius 1 is 1.13 bits per heavy atom. The summed E-state index contributed by atoms with van der Waals surface area (Å²) in [4.78, 5) is 6.77. The first-order chi connectivity index (χ1) is 11.3. The number of likely N-dealkylation sites (tertiary alicyclic amines) is 1. The van der Waals surface area contributed by atoms with Crippen LogP contribution in [0.4, 0.5) is 0 Å². The number of guanidine groups is 1. The van der Waals surface area contributed by atoms with Crippen molar-refractivity contribution in [3.05, 3.63) is 29.8 Å². The molecule has 0 atom stereocenters. The summed E-state index contributed by atoms with van der Waals surface area (Å²) in [6, 6.07) is 8.08. The molecule has 2 N–H and O–H groups in total. The maximum absolute atomic E-state index is 5.78. The SMILES string of the molecule is CN=C(NCCOc1ccccc1C)NCCN1CCCCC1. The zero-order valence-electron chi connectivity index (χ0n) is 14.5. The van der Waals surface area contributed by atoms with Crippen LogP contribution < -0.4 is 15.4 Å². The number of hydrogen-bond donors (Lipinski definition) is 2. The fourth-order valence-electron chi connectivity index (χ4n) is 2.78. The highest BCUT2D eigenvalue weighted by Gasteiger charge is 2.09. The molecule has 0 radical (unpaired) electrons. The van der Waals surface area contributed by atoms with Gasteiger partial charge >= 0.3 is 0 Å². The lowest BCUT2D eigenvalue weighted by Crippen LogP contribution is -2.43. The van der Waals surface area contributed by atoms with Crippen LogP contribution in [0.25, 0.3) is 0 Å². The maximum atomic E-state index is 5.78. The Morgan fingerprint density at radius 2 is 1.87 bits per heavy atom. The minimum Gasteiger partial charge on any atom is -0.491 e. The van der Waals surface area contributed by atoms with Gasteiger partial charge in [0.2, 0.25) is 0 Å². The Labute approximate surface area is 140 Å². The van der Waals surface area contributed by atoms with Gasteiger partial charge in [-0.25, -0.2) is 0 Å². The summed E-state index contributed by atoms with van der Waals surface area (Å²) in [5, 5.41) is 6.66. The van der Waals surface area contributed by atoms with Crippen molar-refractivity contribution in [2.75, 3.05) is 46.4 Å². The number of rotatable bonds is 7. The van der Waals surface area contributed by atoms with Crippen LogP contribution in [0.5, 0.6) is 5.75 Å². The van der Waals surface area contributed by atoms with Crippen molar-refractivity contribution >= 4 is 5.96 Å². The second-order valence-electron chi connectivity index (χ2n) is 5.94. The van der Waals surface area contributed by atoms with Gasteiger partial charge in [-0.05, 0) is 44.5 Å². The largest absolute Gasteiger partial charge is 0.491 e. The van der Waals surface area contributed by atoms with Crippen LogP contribution in [-0.4, -0.2) is 57.2 Å². The van der Waals surface area contributed by atoms with E-state index in [1.54, 1.807) is 7.05 Å². The standard InChI is InChI=1S/C18H30N4O/c1-16-8-4-5-9-17(16)23-15-11-21-18(19-2)20-10-14-22-12-6-3-7-13-22/h4-5,8-9H,3,6-7,10-15H2,1-2H3,(H2,19,20,21). The summed E-state index contributed by atoms with van der Waals surface area (Å²) in [6.45, 7) is 7.90. The maximum Gasteiger partial charge on any atom is 0.191 e. The Balaban J connectivity index is 1.58. The number of nitrogens with zero attached hydrogens (tertiary/aromatic N) is 2. The summed E-state index contributed by atoms with van der Waals surface area (Å²) >= 11 is 0. The van der Waals surface area contributed by atoms with Gasteiger partial charge in [0.05, 0.1) is 6.54 Å². The summed E-state index contributed by atoms with van der Waals surface area (Å²) in [5.41, 5.74) is 1.16. The number of ether oxygens (including phenoxy) is 1. The van der Waals surface area contributed by atoms with Crippen molar-refractivity contribution in [3.63, 3.8) is 0 Å². The highest BCUT2D eigenvalue weighted by atomic mass is 16.5. The van der Waals surface area contributed by atoms with E-state index in [-0.39, 0.29) is 0 Å². The van der Waals surface area contributed by atoms with Crippen molar-refractivity contribution in [2.45, 2.75) is 26.2 Å². The first kappa shape index (κ1) is 17.6. The van der Waals surface area contributed by atoms with Gasteiger partial charge in [-0.3, -0.25) is 4.99 Å². The van der Waals surface area contributed by atoms with E-state index < -0.39 is 0 Å². The summed E-state index contributed by atoms with van der Waals surface area (Å²) in [6.07, 6.45) is 4.06. The Kier molecular flexibility index (Phi) is 7.73. The van der Waals surface area contributed by atoms with E-state index >= 15 is 0 Å². The molecule has 2 rings (SSSR count). The number of hydrogen-bond acceptors (Lipinski definition) is 3. The van der Waals surface area contributed by atoms with Gasteiger partial charge in [0, 0.05) is 20.1 Å². The molecule has 5 heteroatoms. The lowest BCUT2D eigenvalue weighted by atomic mass is 10.1. The van der Waals surface area contributed by atoms with Crippen LogP contribution in [0, 0.1) is 6.92 Å². The summed E-state index contributed by atoms with van der Waals surface area (Å²) in [5.74, 6) is 1.79. The van der Waals surface area contributed by atoms with Gasteiger partial charge in [0.1, 0.15) is 12.4 Å². The molecule has 1 fully saturated rings. The van der Waals surface area contributed by atoms with Crippen molar-refractivity contribution in [1.29, 1.82) is 0 Å². The average molecular weight is 318 g/mol. The molecular formula is C18H30N4O. The molecule has 23 heavy (non-hydrogen) atoms. The fourth-order valence-corrected chi connectivity index (χ4v) is 2.78. The Hall–Kier alpha value is -1.75. The van der Waals surface area contributed by atoms with E-state index in [0.717, 1.165) is 36.9 Å². The molecule has 1 heterocycles. The van der Waals surface area contributed by atoms with Gasteiger partial charge in [0.25, 0.3) is 0 Å². The molecule has 0 aliphatic carbocycles. The minimum atomic E-state index is 0.623. The molecule has 0 bridgehead atoms. The zero-order valence-corrected chi connectivity index (χ0v) is 14.5. The molecular weight excluding hydrogens is 288 g/mol. The third-order valence-corrected chi connectivity index (χ3v) is 4.14. The van der Waals surface area contributed by atoms with Crippen LogP contribution in [0.2, 0.25) is 0 Å². The normalized spacial score (nSPS) is 16.2. The number of piperidine rings is 1. The third-order valence-electron chi connectivity index (χ3n) is 4.14. The topological polar surface area (TPSA) is 48.9 Å². The highest BCUT2D eigenvalue weighted by Crippen LogP contribution is 2.15. The second-order valence-corrected chi connectivity index (χ2v) is 5.94. The van der Waals surface area contributed by atoms with E-state index in [9.17, 15) is 0 Å². The van der Waals surface area contributed by atoms with Crippen LogP contribution in [0.1, 0.15) is 24.8 Å². The number of aryl methyl sites for hydroxylation is 1. The molecule has 0 aromatic heterocycles. The molecule has 1 aliphatic heterocycles. The molecule has 0 unspecified atom stereocenters. The molecule has 1 saturated heterocycles. The smallest absolute Gasteiger partial charge is 0.191 e. The second kappa shape index (κ2) is 10.1. The molecule has 0 amide bonds. The van der Waals surface area contributed by atoms with Gasteiger partial charge in [-0.1, -0.05) is 24.6 Å². The fraction of sp³-hybridized carbons (Fsp3) is 0.611. The van der Waals surface area contributed by atoms with E-state index in [1.807, 2.05) is 18.2 Å². The number of para-hydroxylation sites is 1. The zero-order chi connectivity index (χ0) is 16.3. The van der Waals surface area contributed by atoms with Crippen molar-refractivity contribution in [3.8, 4) is 5.75 Å². The van der Waals surface area contributed by atoms with Crippen molar-refractivity contribution < 1.29 is 4.74 Å². The van der Waals surface area contributed by atoms with E-state index in [1.165, 1.54) is 32.4 Å². The molecule has 1 aromatic rings. The first-order valence-corrected chi connectivity index (χ1v) is 8.65. The minimum absolute atomic E-state index is 0.623. The lowest BCUT2D eigenvalue weighted by molar-refractivity contribution is 0.232. The molecule has 0 spiro atoms. The average Bonchev–Trinajstić information content (AvgIpc) is 2.59. The summed E-state index contributed by atoms with van der Waals surface area (Å²) in [7, 11) is 1.80. The van der Waals surface area contributed by atoms with Crippen LogP contribution >= 0.6 is 0 Å². The predicted octanol–water partition coefficient (Wildman–Crippen LogP) is 2.02. The molecule has 1 aromatic carbocycles. The highest BCUT2D eigenvalue weighted by molar-refractivity contribution is 5.79. The Morgan fingerprint density at radius 3 is 2.61 bits per heavy atom. The van der Waals surface area contributed by atoms with Crippen molar-refractivity contribution in [2.24, 2.45) is 4.99 Å². The monoisotopic (exact) mass is 318 g/mol. The van der Waals surface area contributed by atoms with E-state index in [2.05, 4.69) is 33.5 Å². The van der Waals surface area contributed by atoms with E-state index in [0.29, 0.717) is 6.61 Å². The van der Waals surface area contributed by atoms with Crippen LogP contribution in [0.3, 0.4) is 0 Å². The molecule has 1 aliphatic rings. The van der Waals surface area contributed by atoms with Crippen LogP contribution in [-0.2, 0) is 0 Å². The quantitative estimate of drug-likeness (QED) is 0.459. The van der Waals surface area contributed by atoms with Gasteiger partial charge in [0.15, 0.2) is 5.96 Å². The first-order valence-electron chi connectivity index (χ1n) is 8.65. The molecule has 0 saturated carbocycles. The number of nitrogens with one attached hydrogen (secondary N) is 2. The lowest BCUT2D eigenvalue weighted by Gasteiger charge is -2.26. The molecule has 5 nitrogen and oxygen atoms in total. The predicted molar refractivity (Wildman–Crippen MR) is 96.3 cm³/mol. The third kappa shape index (κ3) is 6.48. The van der Waals surface area contributed by atoms with E-state index in [4.69, 9.17) is 4.74 Å². The number of aliphatic imine (C=N–C) groups is 1. The van der Waals surface area contributed by atoms with Gasteiger partial charge < -0.3 is 20.3 Å². The number of benzene rings is 1. The van der Waals surface area contributed by atoms with Crippen LogP contribution in [0.15, 0.2) is 29.3 Å². The Bertz CT molecular complexity index is 484. The summed E-state index contributed by atoms with van der Waals surface area (Å²) < 4.78 is 5.78. The van der Waals surface area contributed by atoms with Gasteiger partial charge in [-0.2, -0.15) is 0 Å². The van der Waals surface area contributed by atoms with Crippen molar-refractivity contribution in [1.82, 2.24) is 15.5 Å².